The van der Waals surface area contributed by atoms with E-state index in [1.165, 1.54) is 16.6 Å². The van der Waals surface area contributed by atoms with Gasteiger partial charge in [-0.1, -0.05) is 12.1 Å². The van der Waals surface area contributed by atoms with E-state index in [0.717, 1.165) is 11.0 Å². The number of likely N-dealkylation sites (tertiary alicyclic amines) is 1. The maximum atomic E-state index is 13.0. The molecule has 2 N–H and O–H groups in total. The number of morpholine rings is 1. The van der Waals surface area contributed by atoms with E-state index in [4.69, 9.17) is 4.74 Å². The third kappa shape index (κ3) is 3.65. The Kier molecular flexibility index (Phi) is 5.39. The molecule has 3 aromatic rings. The lowest BCUT2D eigenvalue weighted by molar-refractivity contribution is 0.0689. The first-order valence-corrected chi connectivity index (χ1v) is 12.1. The molecule has 1 aromatic carbocycles. The van der Waals surface area contributed by atoms with Crippen LogP contribution in [0.5, 0.6) is 0 Å². The van der Waals surface area contributed by atoms with Crippen LogP contribution in [-0.4, -0.2) is 77.5 Å². The van der Waals surface area contributed by atoms with Crippen LogP contribution >= 0.6 is 0 Å². The number of nitrogens with one attached hydrogen (secondary N) is 2. The van der Waals surface area contributed by atoms with Gasteiger partial charge in [0.05, 0.1) is 24.2 Å². The number of fused-ring (bicyclic) bond motifs is 1. The topological polar surface area (TPSA) is 120 Å². The van der Waals surface area contributed by atoms with Crippen molar-refractivity contribution in [1.82, 2.24) is 23.7 Å². The number of sulfonamides is 1. The minimum atomic E-state index is -3.66. The smallest absolute Gasteiger partial charge is 0.326 e. The van der Waals surface area contributed by atoms with Crippen LogP contribution in [-0.2, 0) is 14.8 Å². The number of amides is 1. The third-order valence-electron chi connectivity index (χ3n) is 6.24. The SMILES string of the molecule is O=C(c1cc(S(=O)(=O)N2CCOCC2)c[nH]1)N1CCC(n2c(=O)[nH]c3ccccc32)CC1. The summed E-state index contributed by atoms with van der Waals surface area (Å²) < 4.78 is 34.0. The second-order valence-corrected chi connectivity index (χ2v) is 10.0. The van der Waals surface area contributed by atoms with Gasteiger partial charge >= 0.3 is 5.69 Å². The number of aromatic amines is 2. The number of H-pyrrole nitrogens is 2. The maximum Gasteiger partial charge on any atom is 0.326 e. The number of piperidine rings is 1. The molecule has 1 amide bonds. The summed E-state index contributed by atoms with van der Waals surface area (Å²) >= 11 is 0. The molecule has 0 spiro atoms. The first-order valence-electron chi connectivity index (χ1n) is 10.7. The number of hydrogen-bond donors (Lipinski definition) is 2. The molecule has 10 nitrogen and oxygen atoms in total. The molecule has 11 heteroatoms. The van der Waals surface area contributed by atoms with Gasteiger partial charge in [0.1, 0.15) is 10.6 Å². The van der Waals surface area contributed by atoms with Crippen LogP contribution in [0.4, 0.5) is 0 Å². The summed E-state index contributed by atoms with van der Waals surface area (Å²) in [6.45, 7) is 2.31. The van der Waals surface area contributed by atoms with Gasteiger partial charge in [0.25, 0.3) is 5.91 Å². The number of hydrogen-bond acceptors (Lipinski definition) is 5. The zero-order valence-corrected chi connectivity index (χ0v) is 18.3. The summed E-state index contributed by atoms with van der Waals surface area (Å²) in [6.07, 6.45) is 2.66. The predicted octanol–water partition coefficient (Wildman–Crippen LogP) is 1.16. The second kappa shape index (κ2) is 8.23. The van der Waals surface area contributed by atoms with Gasteiger partial charge in [-0.15, -0.1) is 0 Å². The Bertz CT molecular complexity index is 1290. The first kappa shape index (κ1) is 21.0. The zero-order valence-electron chi connectivity index (χ0n) is 17.5. The zero-order chi connectivity index (χ0) is 22.3. The second-order valence-electron chi connectivity index (χ2n) is 8.11. The normalized spacial score (nSPS) is 18.9. The van der Waals surface area contributed by atoms with E-state index in [1.54, 1.807) is 9.47 Å². The van der Waals surface area contributed by atoms with E-state index >= 15 is 0 Å². The van der Waals surface area contributed by atoms with Gasteiger partial charge in [0, 0.05) is 38.4 Å². The molecular weight excluding hydrogens is 434 g/mol. The number of imidazole rings is 1. The number of para-hydroxylation sites is 2. The van der Waals surface area contributed by atoms with Crippen LogP contribution in [0.2, 0.25) is 0 Å². The highest BCUT2D eigenvalue weighted by atomic mass is 32.2. The molecule has 2 aliphatic heterocycles. The van der Waals surface area contributed by atoms with Crippen LogP contribution in [0.25, 0.3) is 11.0 Å². The van der Waals surface area contributed by atoms with E-state index in [-0.39, 0.29) is 28.2 Å². The number of rotatable bonds is 4. The summed E-state index contributed by atoms with van der Waals surface area (Å²) in [5.41, 5.74) is 1.78. The molecule has 32 heavy (non-hydrogen) atoms. The van der Waals surface area contributed by atoms with Crippen molar-refractivity contribution in [3.8, 4) is 0 Å². The summed E-state index contributed by atoms with van der Waals surface area (Å²) in [6, 6.07) is 8.98. The van der Waals surface area contributed by atoms with Gasteiger partial charge in [-0.2, -0.15) is 4.31 Å². The monoisotopic (exact) mass is 459 g/mol. The molecule has 170 valence electrons. The Hall–Kier alpha value is -2.89. The van der Waals surface area contributed by atoms with Crippen molar-refractivity contribution in [2.45, 2.75) is 23.8 Å². The summed E-state index contributed by atoms with van der Waals surface area (Å²) in [7, 11) is -3.66. The van der Waals surface area contributed by atoms with E-state index in [2.05, 4.69) is 9.97 Å². The summed E-state index contributed by atoms with van der Waals surface area (Å²) in [5, 5.41) is 0. The number of ether oxygens (including phenoxy) is 1. The fourth-order valence-corrected chi connectivity index (χ4v) is 5.92. The molecule has 0 saturated carbocycles. The quantitative estimate of drug-likeness (QED) is 0.607. The Morgan fingerprint density at radius 1 is 1.06 bits per heavy atom. The van der Waals surface area contributed by atoms with E-state index in [0.29, 0.717) is 52.2 Å². The molecule has 2 aliphatic rings. The molecule has 5 rings (SSSR count). The molecule has 2 saturated heterocycles. The lowest BCUT2D eigenvalue weighted by atomic mass is 10.0. The molecule has 2 fully saturated rings. The van der Waals surface area contributed by atoms with Crippen LogP contribution < -0.4 is 5.69 Å². The number of carbonyl (C=O) groups is 1. The fraction of sp³-hybridized carbons (Fsp3) is 0.429. The number of nitrogens with zero attached hydrogens (tertiary/aromatic N) is 3. The predicted molar refractivity (Wildman–Crippen MR) is 117 cm³/mol. The van der Waals surface area contributed by atoms with E-state index in [1.807, 2.05) is 24.3 Å². The van der Waals surface area contributed by atoms with Gasteiger partial charge in [-0.3, -0.25) is 9.36 Å². The third-order valence-corrected chi connectivity index (χ3v) is 8.11. The van der Waals surface area contributed by atoms with Crippen molar-refractivity contribution in [3.05, 3.63) is 52.7 Å². The van der Waals surface area contributed by atoms with E-state index in [9.17, 15) is 18.0 Å². The number of aromatic nitrogens is 3. The highest BCUT2D eigenvalue weighted by Gasteiger charge is 2.30. The Balaban J connectivity index is 1.28. The van der Waals surface area contributed by atoms with Gasteiger partial charge in [0.15, 0.2) is 0 Å². The largest absolute Gasteiger partial charge is 0.379 e. The van der Waals surface area contributed by atoms with E-state index < -0.39 is 10.0 Å². The van der Waals surface area contributed by atoms with Crippen LogP contribution in [0.1, 0.15) is 29.4 Å². The standard InChI is InChI=1S/C21H25N5O5S/c27-20(18-13-16(14-22-18)32(29,30)25-9-11-31-12-10-25)24-7-5-15(6-8-24)26-19-4-2-1-3-17(19)23-21(26)28/h1-4,13-15,22H,5-12H2,(H,23,28). The molecular formula is C21H25N5O5S. The van der Waals surface area contributed by atoms with Gasteiger partial charge in [0.2, 0.25) is 10.0 Å². The molecule has 0 aliphatic carbocycles. The summed E-state index contributed by atoms with van der Waals surface area (Å²) in [5.74, 6) is -0.238. The van der Waals surface area contributed by atoms with Crippen LogP contribution in [0, 0.1) is 0 Å². The average molecular weight is 460 g/mol. The van der Waals surface area contributed by atoms with Crippen molar-refractivity contribution in [2.75, 3.05) is 39.4 Å². The van der Waals surface area contributed by atoms with Crippen LogP contribution in [0.3, 0.4) is 0 Å². The minimum Gasteiger partial charge on any atom is -0.379 e. The molecule has 2 aromatic heterocycles. The van der Waals surface area contributed by atoms with Gasteiger partial charge < -0.3 is 19.6 Å². The molecule has 0 bridgehead atoms. The van der Waals surface area contributed by atoms with Crippen molar-refractivity contribution < 1.29 is 17.9 Å². The highest BCUT2D eigenvalue weighted by molar-refractivity contribution is 7.89. The van der Waals surface area contributed by atoms with Crippen molar-refractivity contribution in [1.29, 1.82) is 0 Å². The molecule has 0 unspecified atom stereocenters. The average Bonchev–Trinajstić information content (AvgIpc) is 3.44. The van der Waals surface area contributed by atoms with Crippen molar-refractivity contribution in [2.24, 2.45) is 0 Å². The van der Waals surface area contributed by atoms with Gasteiger partial charge in [-0.05, 0) is 31.0 Å². The highest BCUT2D eigenvalue weighted by Crippen LogP contribution is 2.26. The lowest BCUT2D eigenvalue weighted by Gasteiger charge is -2.32. The Morgan fingerprint density at radius 3 is 2.53 bits per heavy atom. The fourth-order valence-electron chi connectivity index (χ4n) is 4.52. The number of carbonyl (C=O) groups excluding carboxylic acids is 1. The summed E-state index contributed by atoms with van der Waals surface area (Å²) in [4.78, 5) is 32.9. The van der Waals surface area contributed by atoms with Crippen molar-refractivity contribution in [3.63, 3.8) is 0 Å². The minimum absolute atomic E-state index is 0.00333. The van der Waals surface area contributed by atoms with Gasteiger partial charge in [-0.25, -0.2) is 13.2 Å². The number of benzene rings is 1. The molecule has 4 heterocycles. The molecule has 0 atom stereocenters. The lowest BCUT2D eigenvalue weighted by Crippen LogP contribution is -2.41. The first-order chi connectivity index (χ1) is 15.4. The van der Waals surface area contributed by atoms with Crippen molar-refractivity contribution >= 4 is 27.0 Å². The maximum absolute atomic E-state index is 13.0. The Labute approximate surface area is 184 Å². The Morgan fingerprint density at radius 2 is 1.78 bits per heavy atom. The molecule has 0 radical (unpaired) electrons. The van der Waals surface area contributed by atoms with Crippen LogP contribution in [0.15, 0.2) is 46.2 Å².